The molecule has 0 saturated heterocycles. The molecule has 168 valence electrons. The molecule has 2 aromatic carbocycles. The average molecular weight is 444 g/mol. The molecule has 4 rings (SSSR count). The van der Waals surface area contributed by atoms with E-state index in [-0.39, 0.29) is 19.1 Å². The number of pyridine rings is 1. The largest absolute Gasteiger partial charge is 0.445 e. The Balaban J connectivity index is 1.46. The number of amides is 2. The van der Waals surface area contributed by atoms with Crippen LogP contribution in [0.5, 0.6) is 0 Å². The molecule has 33 heavy (non-hydrogen) atoms. The van der Waals surface area contributed by atoms with E-state index in [2.05, 4.69) is 25.8 Å². The molecule has 0 spiro atoms. The molecule has 0 aliphatic carbocycles. The van der Waals surface area contributed by atoms with E-state index in [0.29, 0.717) is 6.42 Å². The summed E-state index contributed by atoms with van der Waals surface area (Å²) in [5, 5.41) is 13.6. The Morgan fingerprint density at radius 2 is 1.88 bits per heavy atom. The van der Waals surface area contributed by atoms with E-state index in [4.69, 9.17) is 4.74 Å². The molecule has 0 bridgehead atoms. The maximum atomic E-state index is 13.0. The van der Waals surface area contributed by atoms with Gasteiger partial charge >= 0.3 is 6.09 Å². The molecule has 4 aromatic rings. The van der Waals surface area contributed by atoms with Crippen molar-refractivity contribution in [2.24, 2.45) is 0 Å². The third-order valence-electron chi connectivity index (χ3n) is 5.24. The summed E-state index contributed by atoms with van der Waals surface area (Å²) in [4.78, 5) is 29.7. The first kappa shape index (κ1) is 22.0. The van der Waals surface area contributed by atoms with E-state index in [1.54, 1.807) is 12.4 Å². The zero-order valence-electron chi connectivity index (χ0n) is 18.2. The number of benzene rings is 2. The zero-order chi connectivity index (χ0) is 23.0. The van der Waals surface area contributed by atoms with Gasteiger partial charge in [0, 0.05) is 18.0 Å². The molecule has 0 aliphatic rings. The number of carbonyl (C=O) groups excluding carboxylic acids is 2. The highest BCUT2D eigenvalue weighted by molar-refractivity contribution is 5.86. The summed E-state index contributed by atoms with van der Waals surface area (Å²) in [6, 6.07) is 18.0. The fraction of sp³-hybridized carbons (Fsp3) is 0.200. The molecule has 8 nitrogen and oxygen atoms in total. The number of hydrogen-bond acceptors (Lipinski definition) is 5. The number of rotatable bonds is 8. The predicted octanol–water partition coefficient (Wildman–Crippen LogP) is 3.42. The van der Waals surface area contributed by atoms with Gasteiger partial charge in [0.25, 0.3) is 0 Å². The van der Waals surface area contributed by atoms with Crippen LogP contribution in [-0.2, 0) is 29.1 Å². The smallest absolute Gasteiger partial charge is 0.408 e. The van der Waals surface area contributed by atoms with E-state index >= 15 is 0 Å². The summed E-state index contributed by atoms with van der Waals surface area (Å²) in [6.45, 7) is 2.35. The summed E-state index contributed by atoms with van der Waals surface area (Å²) in [6.07, 6.45) is 3.05. The minimum absolute atomic E-state index is 0.120. The van der Waals surface area contributed by atoms with Crippen molar-refractivity contribution >= 4 is 22.9 Å². The van der Waals surface area contributed by atoms with Gasteiger partial charge in [0.2, 0.25) is 5.91 Å². The van der Waals surface area contributed by atoms with Crippen LogP contribution in [0.2, 0.25) is 0 Å². The van der Waals surface area contributed by atoms with Gasteiger partial charge < -0.3 is 15.4 Å². The number of carbonyl (C=O) groups is 2. The number of nitrogens with zero attached hydrogens (tertiary/aromatic N) is 2. The molecule has 0 fully saturated rings. The van der Waals surface area contributed by atoms with Gasteiger partial charge in [0.15, 0.2) is 0 Å². The second-order valence-electron chi connectivity index (χ2n) is 7.75. The lowest BCUT2D eigenvalue weighted by Gasteiger charge is -2.19. The van der Waals surface area contributed by atoms with Crippen LogP contribution in [0.3, 0.4) is 0 Å². The molecule has 2 heterocycles. The maximum absolute atomic E-state index is 13.0. The molecule has 2 aromatic heterocycles. The summed E-state index contributed by atoms with van der Waals surface area (Å²) in [5.41, 5.74) is 4.46. The van der Waals surface area contributed by atoms with E-state index in [9.17, 15) is 9.59 Å². The van der Waals surface area contributed by atoms with Gasteiger partial charge in [-0.1, -0.05) is 42.5 Å². The molecule has 1 atom stereocenters. The van der Waals surface area contributed by atoms with Crippen LogP contribution in [0, 0.1) is 6.92 Å². The van der Waals surface area contributed by atoms with Crippen molar-refractivity contribution in [1.82, 2.24) is 25.8 Å². The lowest BCUT2D eigenvalue weighted by molar-refractivity contribution is -0.123. The lowest BCUT2D eigenvalue weighted by atomic mass is 10.0. The average Bonchev–Trinajstić information content (AvgIpc) is 3.31. The Bertz CT molecular complexity index is 1220. The third kappa shape index (κ3) is 5.94. The first-order valence-corrected chi connectivity index (χ1v) is 10.7. The van der Waals surface area contributed by atoms with Crippen molar-refractivity contribution in [1.29, 1.82) is 0 Å². The second kappa shape index (κ2) is 10.4. The molecule has 8 heteroatoms. The number of aromatic amines is 1. The number of fused-ring (bicyclic) bond motifs is 1. The maximum Gasteiger partial charge on any atom is 0.408 e. The Labute approximate surface area is 191 Å². The third-order valence-corrected chi connectivity index (χ3v) is 5.24. The number of nitrogens with one attached hydrogen (secondary N) is 3. The molecule has 2 amide bonds. The predicted molar refractivity (Wildman–Crippen MR) is 124 cm³/mol. The van der Waals surface area contributed by atoms with Crippen molar-refractivity contribution in [2.45, 2.75) is 32.5 Å². The molecule has 0 saturated carbocycles. The van der Waals surface area contributed by atoms with Crippen molar-refractivity contribution in [3.63, 3.8) is 0 Å². The van der Waals surface area contributed by atoms with Crippen LogP contribution in [0.1, 0.15) is 22.4 Å². The van der Waals surface area contributed by atoms with Gasteiger partial charge in [-0.25, -0.2) is 4.79 Å². The summed E-state index contributed by atoms with van der Waals surface area (Å²) < 4.78 is 5.33. The highest BCUT2D eigenvalue weighted by Gasteiger charge is 2.22. The van der Waals surface area contributed by atoms with E-state index in [1.807, 2.05) is 67.6 Å². The van der Waals surface area contributed by atoms with E-state index in [1.165, 1.54) is 0 Å². The number of aryl methyl sites for hydroxylation is 1. The minimum Gasteiger partial charge on any atom is -0.445 e. The monoisotopic (exact) mass is 443 g/mol. The molecular formula is C25H25N5O3. The standard InChI is InChI=1S/C25H25N5O3/c1-17-11-19(12-20-14-28-30-23(17)20)13-22(24(31)27-15-21-9-5-6-10-26-21)29-25(32)33-16-18-7-3-2-4-8-18/h2-12,14,22H,13,15-16H2,1H3,(H,27,31)(H,28,30)(H,29,32)/t22-/m1/s1. The van der Waals surface area contributed by atoms with Gasteiger partial charge in [0.1, 0.15) is 12.6 Å². The van der Waals surface area contributed by atoms with Crippen LogP contribution in [0.4, 0.5) is 4.79 Å². The number of ether oxygens (including phenoxy) is 1. The van der Waals surface area contributed by atoms with Crippen LogP contribution in [-0.4, -0.2) is 33.2 Å². The minimum atomic E-state index is -0.819. The van der Waals surface area contributed by atoms with Crippen LogP contribution < -0.4 is 10.6 Å². The van der Waals surface area contributed by atoms with E-state index < -0.39 is 12.1 Å². The fourth-order valence-corrected chi connectivity index (χ4v) is 3.59. The van der Waals surface area contributed by atoms with Gasteiger partial charge in [-0.3, -0.25) is 14.9 Å². The summed E-state index contributed by atoms with van der Waals surface area (Å²) in [5.74, 6) is -0.317. The van der Waals surface area contributed by atoms with E-state index in [0.717, 1.165) is 33.3 Å². The summed E-state index contributed by atoms with van der Waals surface area (Å²) in [7, 11) is 0. The normalized spacial score (nSPS) is 11.7. The van der Waals surface area contributed by atoms with Gasteiger partial charge in [-0.05, 0) is 41.8 Å². The Hall–Kier alpha value is -4.20. The Kier molecular flexibility index (Phi) is 6.94. The number of hydrogen-bond donors (Lipinski definition) is 3. The topological polar surface area (TPSA) is 109 Å². The summed E-state index contributed by atoms with van der Waals surface area (Å²) >= 11 is 0. The number of alkyl carbamates (subject to hydrolysis) is 1. The first-order chi connectivity index (χ1) is 16.1. The molecule has 0 unspecified atom stereocenters. The SMILES string of the molecule is Cc1cc(C[C@@H](NC(=O)OCc2ccccc2)C(=O)NCc2ccccn2)cc2cn[nH]c12. The van der Waals surface area contributed by atoms with Gasteiger partial charge in [-0.15, -0.1) is 0 Å². The fourth-order valence-electron chi connectivity index (χ4n) is 3.59. The second-order valence-corrected chi connectivity index (χ2v) is 7.75. The van der Waals surface area contributed by atoms with Crippen molar-refractivity contribution < 1.29 is 14.3 Å². The molecule has 0 aliphatic heterocycles. The van der Waals surface area contributed by atoms with Crippen LogP contribution in [0.15, 0.2) is 73.1 Å². The van der Waals surface area contributed by atoms with Gasteiger partial charge in [-0.2, -0.15) is 5.10 Å². The highest BCUT2D eigenvalue weighted by atomic mass is 16.5. The van der Waals surface area contributed by atoms with Gasteiger partial charge in [0.05, 0.1) is 24.0 Å². The van der Waals surface area contributed by atoms with Crippen molar-refractivity contribution in [2.75, 3.05) is 0 Å². The lowest BCUT2D eigenvalue weighted by Crippen LogP contribution is -2.48. The van der Waals surface area contributed by atoms with Crippen LogP contribution >= 0.6 is 0 Å². The highest BCUT2D eigenvalue weighted by Crippen LogP contribution is 2.19. The first-order valence-electron chi connectivity index (χ1n) is 10.7. The number of H-pyrrole nitrogens is 1. The number of aromatic nitrogens is 3. The molecule has 3 N–H and O–H groups in total. The Morgan fingerprint density at radius 1 is 1.06 bits per heavy atom. The van der Waals surface area contributed by atoms with Crippen LogP contribution in [0.25, 0.3) is 10.9 Å². The van der Waals surface area contributed by atoms with Crippen molar-refractivity contribution in [3.8, 4) is 0 Å². The Morgan fingerprint density at radius 3 is 2.67 bits per heavy atom. The quantitative estimate of drug-likeness (QED) is 0.387. The van der Waals surface area contributed by atoms with Crippen molar-refractivity contribution in [3.05, 3.63) is 95.4 Å². The zero-order valence-corrected chi connectivity index (χ0v) is 18.2. The molecular weight excluding hydrogens is 418 g/mol. The molecule has 0 radical (unpaired) electrons.